The van der Waals surface area contributed by atoms with Crippen LogP contribution in [0.1, 0.15) is 10.4 Å². The average molecular weight is 277 g/mol. The predicted molar refractivity (Wildman–Crippen MR) is 75.4 cm³/mol. The van der Waals surface area contributed by atoms with Crippen molar-refractivity contribution in [1.82, 2.24) is 4.90 Å². The molecular weight excluding hydrogens is 258 g/mol. The molecule has 0 radical (unpaired) electrons. The van der Waals surface area contributed by atoms with Gasteiger partial charge in [0.1, 0.15) is 0 Å². The summed E-state index contributed by atoms with van der Waals surface area (Å²) in [7, 11) is 3.12. The van der Waals surface area contributed by atoms with Crippen molar-refractivity contribution in [3.05, 3.63) is 36.0 Å². The van der Waals surface area contributed by atoms with Crippen LogP contribution in [0.2, 0.25) is 0 Å². The van der Waals surface area contributed by atoms with Crippen molar-refractivity contribution in [3.63, 3.8) is 0 Å². The summed E-state index contributed by atoms with van der Waals surface area (Å²) in [6.45, 7) is 3.04. The Morgan fingerprint density at radius 3 is 2.55 bits per heavy atom. The second kappa shape index (κ2) is 6.96. The molecule has 2 rings (SSSR count). The molecule has 0 atom stereocenters. The average Bonchev–Trinajstić information content (AvgIpc) is 2.52. The van der Waals surface area contributed by atoms with Gasteiger partial charge in [0, 0.05) is 30.9 Å². The second-order valence-electron chi connectivity index (χ2n) is 4.40. The van der Waals surface area contributed by atoms with E-state index in [-0.39, 0.29) is 5.78 Å². The smallest absolute Gasteiger partial charge is 0.187 e. The molecule has 108 valence electrons. The van der Waals surface area contributed by atoms with Gasteiger partial charge in [0.05, 0.1) is 27.4 Å². The summed E-state index contributed by atoms with van der Waals surface area (Å²) in [5, 5.41) is 0. The Labute approximate surface area is 118 Å². The van der Waals surface area contributed by atoms with Crippen LogP contribution < -0.4 is 9.47 Å². The molecule has 20 heavy (non-hydrogen) atoms. The van der Waals surface area contributed by atoms with Crippen LogP contribution in [0.5, 0.6) is 11.5 Å². The maximum absolute atomic E-state index is 12.1. The molecule has 0 aromatic heterocycles. The molecule has 1 saturated heterocycles. The Morgan fingerprint density at radius 2 is 1.90 bits per heavy atom. The Bertz CT molecular complexity index is 493. The number of ether oxygens (including phenoxy) is 3. The van der Waals surface area contributed by atoms with Gasteiger partial charge in [-0.15, -0.1) is 0 Å². The second-order valence-corrected chi connectivity index (χ2v) is 4.40. The summed E-state index contributed by atoms with van der Waals surface area (Å²) in [5.74, 6) is 1.11. The fraction of sp³-hybridized carbons (Fsp3) is 0.400. The molecule has 5 nitrogen and oxygen atoms in total. The Morgan fingerprint density at radius 1 is 1.20 bits per heavy atom. The van der Waals surface area contributed by atoms with Gasteiger partial charge in [-0.2, -0.15) is 0 Å². The van der Waals surface area contributed by atoms with Crippen molar-refractivity contribution >= 4 is 5.78 Å². The molecular formula is C15H19NO4. The molecule has 0 unspecified atom stereocenters. The van der Waals surface area contributed by atoms with Crippen LogP contribution in [0.4, 0.5) is 0 Å². The van der Waals surface area contributed by atoms with Gasteiger partial charge in [-0.25, -0.2) is 0 Å². The lowest BCUT2D eigenvalue weighted by Gasteiger charge is -2.24. The van der Waals surface area contributed by atoms with E-state index in [1.54, 1.807) is 38.5 Å². The Kier molecular flexibility index (Phi) is 5.01. The highest BCUT2D eigenvalue weighted by Crippen LogP contribution is 2.27. The topological polar surface area (TPSA) is 48.0 Å². The first-order valence-electron chi connectivity index (χ1n) is 6.51. The maximum Gasteiger partial charge on any atom is 0.187 e. The largest absolute Gasteiger partial charge is 0.493 e. The number of allylic oxidation sites excluding steroid dienone is 1. The molecule has 0 bridgehead atoms. The van der Waals surface area contributed by atoms with Gasteiger partial charge in [0.15, 0.2) is 17.3 Å². The predicted octanol–water partition coefficient (Wildman–Crippen LogP) is 1.73. The zero-order chi connectivity index (χ0) is 14.4. The number of nitrogens with zero attached hydrogens (tertiary/aromatic N) is 1. The molecule has 0 spiro atoms. The van der Waals surface area contributed by atoms with E-state index in [9.17, 15) is 4.79 Å². The monoisotopic (exact) mass is 277 g/mol. The fourth-order valence-corrected chi connectivity index (χ4v) is 1.99. The van der Waals surface area contributed by atoms with Crippen molar-refractivity contribution in [3.8, 4) is 11.5 Å². The highest BCUT2D eigenvalue weighted by Gasteiger charge is 2.10. The van der Waals surface area contributed by atoms with Crippen LogP contribution >= 0.6 is 0 Å². The molecule has 5 heteroatoms. The van der Waals surface area contributed by atoms with E-state index in [1.807, 2.05) is 6.20 Å². The SMILES string of the molecule is COc1ccc(C(=O)C=CN2CCOCC2)cc1OC. The third-order valence-electron chi connectivity index (χ3n) is 3.15. The van der Waals surface area contributed by atoms with E-state index < -0.39 is 0 Å². The van der Waals surface area contributed by atoms with Crippen LogP contribution in [0, 0.1) is 0 Å². The lowest BCUT2D eigenvalue weighted by Crippen LogP contribution is -2.32. The number of benzene rings is 1. The molecule has 1 aliphatic heterocycles. The van der Waals surface area contributed by atoms with Crippen molar-refractivity contribution in [1.29, 1.82) is 0 Å². The van der Waals surface area contributed by atoms with Crippen molar-refractivity contribution < 1.29 is 19.0 Å². The van der Waals surface area contributed by atoms with Crippen LogP contribution in [0.25, 0.3) is 0 Å². The van der Waals surface area contributed by atoms with E-state index >= 15 is 0 Å². The van der Waals surface area contributed by atoms with Gasteiger partial charge in [-0.1, -0.05) is 0 Å². The molecule has 0 N–H and O–H groups in total. The highest BCUT2D eigenvalue weighted by atomic mass is 16.5. The zero-order valence-electron chi connectivity index (χ0n) is 11.8. The summed E-state index contributed by atoms with van der Waals surface area (Å²) in [5.41, 5.74) is 0.576. The first-order chi connectivity index (χ1) is 9.74. The van der Waals surface area contributed by atoms with Crippen LogP contribution in [0.3, 0.4) is 0 Å². The van der Waals surface area contributed by atoms with E-state index in [1.165, 1.54) is 0 Å². The van der Waals surface area contributed by atoms with Crippen molar-refractivity contribution in [2.24, 2.45) is 0 Å². The summed E-state index contributed by atoms with van der Waals surface area (Å²) in [4.78, 5) is 14.2. The minimum Gasteiger partial charge on any atom is -0.493 e. The molecule has 1 aliphatic rings. The number of methoxy groups -OCH3 is 2. The minimum atomic E-state index is -0.0579. The quantitative estimate of drug-likeness (QED) is 0.606. The van der Waals surface area contributed by atoms with Crippen molar-refractivity contribution in [2.75, 3.05) is 40.5 Å². The number of morpholine rings is 1. The van der Waals surface area contributed by atoms with Gasteiger partial charge in [0.25, 0.3) is 0 Å². The summed E-state index contributed by atoms with van der Waals surface area (Å²) in [6, 6.07) is 5.15. The summed E-state index contributed by atoms with van der Waals surface area (Å²) >= 11 is 0. The number of ketones is 1. The molecule has 1 heterocycles. The van der Waals surface area contributed by atoms with Crippen LogP contribution in [-0.2, 0) is 4.74 Å². The number of hydrogen-bond acceptors (Lipinski definition) is 5. The number of hydrogen-bond donors (Lipinski definition) is 0. The number of rotatable bonds is 5. The highest BCUT2D eigenvalue weighted by molar-refractivity contribution is 6.04. The van der Waals surface area contributed by atoms with E-state index in [4.69, 9.17) is 14.2 Å². The normalized spacial score (nSPS) is 15.4. The molecule has 0 saturated carbocycles. The Balaban J connectivity index is 2.06. The standard InChI is InChI=1S/C15H19NO4/c1-18-14-4-3-12(11-15(14)19-2)13(17)5-6-16-7-9-20-10-8-16/h3-6,11H,7-10H2,1-2H3. The van der Waals surface area contributed by atoms with Crippen molar-refractivity contribution in [2.45, 2.75) is 0 Å². The van der Waals surface area contributed by atoms with Gasteiger partial charge in [-0.05, 0) is 18.2 Å². The molecule has 0 aliphatic carbocycles. The third kappa shape index (κ3) is 3.51. The third-order valence-corrected chi connectivity index (χ3v) is 3.15. The Hall–Kier alpha value is -2.01. The van der Waals surface area contributed by atoms with E-state index in [0.717, 1.165) is 13.1 Å². The molecule has 1 aromatic rings. The lowest BCUT2D eigenvalue weighted by atomic mass is 10.1. The van der Waals surface area contributed by atoms with Gasteiger partial charge in [-0.3, -0.25) is 4.79 Å². The fourth-order valence-electron chi connectivity index (χ4n) is 1.99. The zero-order valence-corrected chi connectivity index (χ0v) is 11.8. The number of carbonyl (C=O) groups is 1. The number of carbonyl (C=O) groups excluding carboxylic acids is 1. The van der Waals surface area contributed by atoms with Gasteiger partial charge >= 0.3 is 0 Å². The molecule has 1 aromatic carbocycles. The first kappa shape index (κ1) is 14.4. The summed E-state index contributed by atoms with van der Waals surface area (Å²) < 4.78 is 15.6. The minimum absolute atomic E-state index is 0.0579. The van der Waals surface area contributed by atoms with Crippen LogP contribution in [0.15, 0.2) is 30.5 Å². The maximum atomic E-state index is 12.1. The molecule has 1 fully saturated rings. The van der Waals surface area contributed by atoms with E-state index in [2.05, 4.69) is 4.90 Å². The van der Waals surface area contributed by atoms with Gasteiger partial charge < -0.3 is 19.1 Å². The first-order valence-corrected chi connectivity index (χ1v) is 6.51. The van der Waals surface area contributed by atoms with E-state index in [0.29, 0.717) is 30.3 Å². The summed E-state index contributed by atoms with van der Waals surface area (Å²) in [6.07, 6.45) is 3.40. The van der Waals surface area contributed by atoms with Gasteiger partial charge in [0.2, 0.25) is 0 Å². The lowest BCUT2D eigenvalue weighted by molar-refractivity contribution is 0.0591. The molecule has 0 amide bonds. The van der Waals surface area contributed by atoms with Crippen LogP contribution in [-0.4, -0.2) is 51.2 Å².